The Morgan fingerprint density at radius 2 is 1.81 bits per heavy atom. The van der Waals surface area contributed by atoms with Crippen molar-refractivity contribution in [2.45, 2.75) is 32.8 Å². The highest BCUT2D eigenvalue weighted by Gasteiger charge is 2.23. The summed E-state index contributed by atoms with van der Waals surface area (Å²) in [4.78, 5) is 28.8. The minimum absolute atomic E-state index is 0.00165. The molecule has 0 atom stereocenters. The number of hydrogen-bond donors (Lipinski definition) is 0. The average Bonchev–Trinajstić information content (AvgIpc) is 2.82. The van der Waals surface area contributed by atoms with Crippen molar-refractivity contribution in [3.8, 4) is 5.75 Å². The van der Waals surface area contributed by atoms with Crippen molar-refractivity contribution in [3.63, 3.8) is 0 Å². The summed E-state index contributed by atoms with van der Waals surface area (Å²) in [5.74, 6) is 1.03. The van der Waals surface area contributed by atoms with Crippen molar-refractivity contribution in [2.75, 3.05) is 0 Å². The quantitative estimate of drug-likeness (QED) is 0.139. The number of aromatic nitrogens is 2. The second kappa shape index (κ2) is 10.3. The van der Waals surface area contributed by atoms with Gasteiger partial charge in [-0.05, 0) is 42.0 Å². The summed E-state index contributed by atoms with van der Waals surface area (Å²) in [5, 5.41) is 16.0. The van der Waals surface area contributed by atoms with E-state index >= 15 is 0 Å². The van der Waals surface area contributed by atoms with Gasteiger partial charge < -0.3 is 4.74 Å². The molecule has 0 bridgehead atoms. The van der Waals surface area contributed by atoms with Crippen LogP contribution in [0.4, 0.5) is 5.69 Å². The average molecular weight is 614 g/mol. The van der Waals surface area contributed by atoms with Crippen LogP contribution in [0, 0.1) is 10.1 Å². The third kappa shape index (κ3) is 5.71. The van der Waals surface area contributed by atoms with Crippen LogP contribution in [0.5, 0.6) is 5.75 Å². The molecule has 0 saturated carbocycles. The number of rotatable bonds is 6. The van der Waals surface area contributed by atoms with Crippen LogP contribution in [-0.4, -0.2) is 20.8 Å². The Bertz CT molecular complexity index is 1560. The lowest BCUT2D eigenvalue weighted by molar-refractivity contribution is -0.384. The number of nitro benzene ring substituents is 1. The first-order valence-corrected chi connectivity index (χ1v) is 12.5. The third-order valence-corrected chi connectivity index (χ3v) is 6.27. The van der Waals surface area contributed by atoms with E-state index in [4.69, 9.17) is 9.72 Å². The molecule has 0 radical (unpaired) electrons. The van der Waals surface area contributed by atoms with Crippen molar-refractivity contribution in [2.24, 2.45) is 5.10 Å². The van der Waals surface area contributed by atoms with E-state index < -0.39 is 10.3 Å². The fourth-order valence-corrected chi connectivity index (χ4v) is 4.27. The van der Waals surface area contributed by atoms with Gasteiger partial charge >= 0.3 is 0 Å². The van der Waals surface area contributed by atoms with Crippen molar-refractivity contribution in [1.82, 2.24) is 9.66 Å². The Labute approximate surface area is 224 Å². The molecule has 0 aliphatic rings. The highest BCUT2D eigenvalue weighted by Crippen LogP contribution is 2.25. The summed E-state index contributed by atoms with van der Waals surface area (Å²) < 4.78 is 8.87. The van der Waals surface area contributed by atoms with Crippen molar-refractivity contribution < 1.29 is 9.66 Å². The minimum atomic E-state index is -0.448. The molecule has 0 fully saturated rings. The number of ether oxygens (including phenoxy) is 1. The van der Waals surface area contributed by atoms with Crippen LogP contribution in [0.15, 0.2) is 79.5 Å². The van der Waals surface area contributed by atoms with Crippen LogP contribution < -0.4 is 10.3 Å². The molecule has 184 valence electrons. The van der Waals surface area contributed by atoms with Gasteiger partial charge in [0.1, 0.15) is 18.2 Å². The van der Waals surface area contributed by atoms with E-state index in [2.05, 4.69) is 37.0 Å². The Morgan fingerprint density at radius 1 is 1.08 bits per heavy atom. The summed E-state index contributed by atoms with van der Waals surface area (Å²) in [6, 6.07) is 17.1. The predicted octanol–water partition coefficient (Wildman–Crippen LogP) is 6.59. The summed E-state index contributed by atoms with van der Waals surface area (Å²) >= 11 is 6.88. The fraction of sp³-hybridized carbons (Fsp3) is 0.192. The van der Waals surface area contributed by atoms with Crippen LogP contribution >= 0.6 is 31.9 Å². The van der Waals surface area contributed by atoms with Gasteiger partial charge in [-0.2, -0.15) is 9.78 Å². The molecule has 1 aromatic heterocycles. The maximum Gasteiger partial charge on any atom is 0.282 e. The smallest absolute Gasteiger partial charge is 0.282 e. The third-order valence-electron chi connectivity index (χ3n) is 5.28. The molecule has 0 amide bonds. The molecule has 0 saturated heterocycles. The largest absolute Gasteiger partial charge is 0.488 e. The van der Waals surface area contributed by atoms with Crippen molar-refractivity contribution >= 4 is 54.7 Å². The van der Waals surface area contributed by atoms with Crippen molar-refractivity contribution in [1.29, 1.82) is 0 Å². The molecular formula is C26H22Br2N4O4. The molecular weight excluding hydrogens is 592 g/mol. The van der Waals surface area contributed by atoms with Gasteiger partial charge in [0.05, 0.1) is 22.0 Å². The van der Waals surface area contributed by atoms with Gasteiger partial charge in [-0.15, -0.1) is 0 Å². The lowest BCUT2D eigenvalue weighted by Crippen LogP contribution is -2.29. The second-order valence-corrected chi connectivity index (χ2v) is 10.9. The first-order valence-electron chi connectivity index (χ1n) is 11.0. The summed E-state index contributed by atoms with van der Waals surface area (Å²) in [6.45, 7) is 6.04. The van der Waals surface area contributed by atoms with Gasteiger partial charge in [0.25, 0.3) is 11.2 Å². The molecule has 8 nitrogen and oxygen atoms in total. The molecule has 0 N–H and O–H groups in total. The first kappa shape index (κ1) is 25.7. The van der Waals surface area contributed by atoms with Gasteiger partial charge in [-0.1, -0.05) is 64.8 Å². The van der Waals surface area contributed by atoms with E-state index in [1.807, 2.05) is 39.0 Å². The monoisotopic (exact) mass is 612 g/mol. The van der Waals surface area contributed by atoms with Gasteiger partial charge in [-0.3, -0.25) is 14.9 Å². The molecule has 36 heavy (non-hydrogen) atoms. The Kier molecular flexibility index (Phi) is 7.37. The Morgan fingerprint density at radius 3 is 2.53 bits per heavy atom. The molecule has 0 aliphatic heterocycles. The normalized spacial score (nSPS) is 11.8. The number of nitrogens with zero attached hydrogens (tertiary/aromatic N) is 4. The van der Waals surface area contributed by atoms with Gasteiger partial charge in [0, 0.05) is 32.1 Å². The fourth-order valence-electron chi connectivity index (χ4n) is 3.53. The number of nitro groups is 1. The van der Waals surface area contributed by atoms with E-state index in [1.54, 1.807) is 36.5 Å². The number of non-ortho nitro benzene ring substituents is 1. The first-order chi connectivity index (χ1) is 17.0. The lowest BCUT2D eigenvalue weighted by atomic mass is 9.95. The zero-order valence-electron chi connectivity index (χ0n) is 19.7. The predicted molar refractivity (Wildman–Crippen MR) is 147 cm³/mol. The maximum atomic E-state index is 13.4. The number of fused-ring (bicyclic) bond motifs is 1. The molecule has 1 heterocycles. The van der Waals surface area contributed by atoms with E-state index in [0.717, 1.165) is 8.95 Å². The highest BCUT2D eigenvalue weighted by atomic mass is 79.9. The Balaban J connectivity index is 1.73. The lowest BCUT2D eigenvalue weighted by Gasteiger charge is -2.21. The summed E-state index contributed by atoms with van der Waals surface area (Å²) in [5.41, 5.74) is 1.15. The van der Waals surface area contributed by atoms with Crippen LogP contribution in [0.2, 0.25) is 0 Å². The highest BCUT2D eigenvalue weighted by molar-refractivity contribution is 9.10. The summed E-state index contributed by atoms with van der Waals surface area (Å²) in [6.07, 6.45) is 1.55. The van der Waals surface area contributed by atoms with Crippen LogP contribution in [0.3, 0.4) is 0 Å². The van der Waals surface area contributed by atoms with Gasteiger partial charge in [0.15, 0.2) is 0 Å². The van der Waals surface area contributed by atoms with E-state index in [1.165, 1.54) is 16.8 Å². The molecule has 4 aromatic rings. The number of benzene rings is 3. The van der Waals surface area contributed by atoms with Crippen molar-refractivity contribution in [3.05, 3.63) is 107 Å². The zero-order valence-corrected chi connectivity index (χ0v) is 22.9. The van der Waals surface area contributed by atoms with E-state index in [0.29, 0.717) is 33.6 Å². The molecule has 10 heteroatoms. The number of hydrogen-bond acceptors (Lipinski definition) is 6. The van der Waals surface area contributed by atoms with Gasteiger partial charge in [-0.25, -0.2) is 4.98 Å². The van der Waals surface area contributed by atoms with Crippen LogP contribution in [0.1, 0.15) is 37.7 Å². The zero-order chi connectivity index (χ0) is 26.0. The molecule has 4 rings (SSSR count). The van der Waals surface area contributed by atoms with Crippen LogP contribution in [0.25, 0.3) is 10.9 Å². The topological polar surface area (TPSA) is 99.6 Å². The SMILES string of the molecule is CC(C)(C)c1nc2ccc(Br)cc2c(=O)n1N=Cc1cc(Br)ccc1OCc1cccc([N+](=O)[O-])c1. The molecule has 0 unspecified atom stereocenters. The standard InChI is InChI=1S/C26H22Br2N4O4/c1-26(2,3)25-30-22-9-7-19(28)13-21(22)24(33)31(25)29-14-17-12-18(27)8-10-23(17)36-15-16-5-4-6-20(11-16)32(34)35/h4-14H,15H2,1-3H3. The minimum Gasteiger partial charge on any atom is -0.488 e. The maximum absolute atomic E-state index is 13.4. The molecule has 0 spiro atoms. The number of halogens is 2. The molecule has 0 aliphatic carbocycles. The van der Waals surface area contributed by atoms with E-state index in [9.17, 15) is 14.9 Å². The van der Waals surface area contributed by atoms with E-state index in [-0.39, 0.29) is 17.9 Å². The van der Waals surface area contributed by atoms with Crippen LogP contribution in [-0.2, 0) is 12.0 Å². The van der Waals surface area contributed by atoms with Gasteiger partial charge in [0.2, 0.25) is 0 Å². The molecule has 3 aromatic carbocycles. The second-order valence-electron chi connectivity index (χ2n) is 9.11. The Hall–Kier alpha value is -3.37. The summed E-state index contributed by atoms with van der Waals surface area (Å²) in [7, 11) is 0.